The van der Waals surface area contributed by atoms with Gasteiger partial charge in [-0.2, -0.15) is 0 Å². The molecule has 6 heteroatoms. The summed E-state index contributed by atoms with van der Waals surface area (Å²) in [6.07, 6.45) is 7.15. The Morgan fingerprint density at radius 2 is 1.73 bits per heavy atom. The monoisotopic (exact) mass is 372 g/mol. The second-order valence-corrected chi connectivity index (χ2v) is 8.93. The molecule has 26 heavy (non-hydrogen) atoms. The minimum atomic E-state index is -0.167. The Labute approximate surface area is 158 Å². The van der Waals surface area contributed by atoms with Crippen LogP contribution in [0.25, 0.3) is 0 Å². The van der Waals surface area contributed by atoms with E-state index in [4.69, 9.17) is 21.7 Å². The van der Waals surface area contributed by atoms with Crippen molar-refractivity contribution >= 4 is 23.2 Å². The molecule has 0 aromatic heterocycles. The highest BCUT2D eigenvalue weighted by Gasteiger charge is 2.54. The molecule has 1 amide bonds. The third-order valence-corrected chi connectivity index (χ3v) is 6.88. The first-order valence-corrected chi connectivity index (χ1v) is 9.98. The maximum Gasteiger partial charge on any atom is 0.232 e. The summed E-state index contributed by atoms with van der Waals surface area (Å²) in [5, 5.41) is 6.56. The van der Waals surface area contributed by atoms with Crippen molar-refractivity contribution in [3.8, 4) is 11.5 Å². The van der Waals surface area contributed by atoms with E-state index in [1.165, 1.54) is 19.3 Å². The molecular weight excluding hydrogens is 348 g/mol. The Morgan fingerprint density at radius 3 is 2.42 bits per heavy atom. The van der Waals surface area contributed by atoms with Crippen molar-refractivity contribution in [1.82, 2.24) is 10.6 Å². The number of fused-ring (bicyclic) bond motifs is 1. The van der Waals surface area contributed by atoms with Crippen molar-refractivity contribution in [2.24, 2.45) is 23.2 Å². The summed E-state index contributed by atoms with van der Waals surface area (Å²) in [6, 6.07) is 5.82. The second-order valence-electron chi connectivity index (χ2n) is 8.52. The van der Waals surface area contributed by atoms with Gasteiger partial charge in [0, 0.05) is 6.54 Å². The van der Waals surface area contributed by atoms with Gasteiger partial charge in [-0.1, -0.05) is 6.07 Å². The smallest absolute Gasteiger partial charge is 0.232 e. The molecule has 0 atom stereocenters. The molecule has 5 aliphatic rings. The largest absolute Gasteiger partial charge is 0.454 e. The summed E-state index contributed by atoms with van der Waals surface area (Å²) in [5.74, 6) is 3.92. The van der Waals surface area contributed by atoms with Crippen molar-refractivity contribution in [2.45, 2.75) is 45.1 Å². The van der Waals surface area contributed by atoms with Gasteiger partial charge in [-0.25, -0.2) is 0 Å². The van der Waals surface area contributed by atoms with Gasteiger partial charge in [-0.3, -0.25) is 4.79 Å². The van der Waals surface area contributed by atoms with Gasteiger partial charge in [0.2, 0.25) is 12.7 Å². The summed E-state index contributed by atoms with van der Waals surface area (Å²) in [7, 11) is 0. The first-order valence-electron chi connectivity index (χ1n) is 9.57. The number of ether oxygens (including phenoxy) is 2. The van der Waals surface area contributed by atoms with E-state index in [0.29, 0.717) is 11.7 Å². The molecule has 0 radical (unpaired) electrons. The number of hydrogen-bond donors (Lipinski definition) is 2. The SMILES string of the molecule is O=C(NC(=S)NCc1ccc2c(c1)OCO2)C12CC3CC(CC(C3)C1)C2. The average Bonchev–Trinajstić information content (AvgIpc) is 3.06. The molecule has 138 valence electrons. The molecule has 0 saturated heterocycles. The van der Waals surface area contributed by atoms with Gasteiger partial charge in [0.05, 0.1) is 5.41 Å². The van der Waals surface area contributed by atoms with E-state index in [-0.39, 0.29) is 18.1 Å². The molecule has 1 aliphatic heterocycles. The number of amides is 1. The van der Waals surface area contributed by atoms with Crippen LogP contribution in [0.15, 0.2) is 18.2 Å². The standard InChI is InChI=1S/C20H24N2O3S/c23-18(20-7-13-3-14(8-20)5-15(4-13)9-20)22-19(26)21-10-12-1-2-16-17(6-12)25-11-24-16/h1-2,6,13-15H,3-5,7-11H2,(H2,21,22,23,26). The van der Waals surface area contributed by atoms with E-state index in [0.717, 1.165) is 54.1 Å². The van der Waals surface area contributed by atoms with E-state index in [9.17, 15) is 4.79 Å². The van der Waals surface area contributed by atoms with Crippen LogP contribution in [-0.2, 0) is 11.3 Å². The first-order chi connectivity index (χ1) is 12.6. The quantitative estimate of drug-likeness (QED) is 0.799. The van der Waals surface area contributed by atoms with E-state index < -0.39 is 0 Å². The molecule has 4 fully saturated rings. The fourth-order valence-electron chi connectivity index (χ4n) is 5.90. The Balaban J connectivity index is 1.19. The van der Waals surface area contributed by atoms with Crippen molar-refractivity contribution in [3.63, 3.8) is 0 Å². The predicted molar refractivity (Wildman–Crippen MR) is 101 cm³/mol. The Hall–Kier alpha value is -1.82. The van der Waals surface area contributed by atoms with E-state index >= 15 is 0 Å². The molecule has 4 bridgehead atoms. The fourth-order valence-corrected chi connectivity index (χ4v) is 6.07. The number of benzene rings is 1. The van der Waals surface area contributed by atoms with Crippen LogP contribution in [0.1, 0.15) is 44.1 Å². The van der Waals surface area contributed by atoms with Gasteiger partial charge >= 0.3 is 0 Å². The molecular formula is C20H24N2O3S. The highest BCUT2D eigenvalue weighted by atomic mass is 32.1. The van der Waals surface area contributed by atoms with Gasteiger partial charge in [-0.15, -0.1) is 0 Å². The summed E-state index contributed by atoms with van der Waals surface area (Å²) in [5.41, 5.74) is 0.875. The van der Waals surface area contributed by atoms with E-state index in [2.05, 4.69) is 10.6 Å². The van der Waals surface area contributed by atoms with Crippen LogP contribution in [0.4, 0.5) is 0 Å². The molecule has 1 aromatic carbocycles. The van der Waals surface area contributed by atoms with Crippen molar-refractivity contribution in [1.29, 1.82) is 0 Å². The van der Waals surface area contributed by atoms with Crippen LogP contribution in [0.3, 0.4) is 0 Å². The lowest BCUT2D eigenvalue weighted by Crippen LogP contribution is -2.55. The molecule has 0 spiro atoms. The Kier molecular flexibility index (Phi) is 3.85. The van der Waals surface area contributed by atoms with Crippen LogP contribution in [-0.4, -0.2) is 17.8 Å². The molecule has 1 aromatic rings. The normalized spacial score (nSPS) is 33.2. The van der Waals surface area contributed by atoms with Crippen molar-refractivity contribution < 1.29 is 14.3 Å². The summed E-state index contributed by atoms with van der Waals surface area (Å²) < 4.78 is 10.7. The molecule has 6 rings (SSSR count). The molecule has 4 aliphatic carbocycles. The number of carbonyl (C=O) groups is 1. The molecule has 5 nitrogen and oxygen atoms in total. The number of nitrogens with one attached hydrogen (secondary N) is 2. The number of carbonyl (C=O) groups excluding carboxylic acids is 1. The summed E-state index contributed by atoms with van der Waals surface area (Å²) >= 11 is 5.38. The molecule has 1 heterocycles. The highest BCUT2D eigenvalue weighted by molar-refractivity contribution is 7.80. The van der Waals surface area contributed by atoms with Crippen molar-refractivity contribution in [3.05, 3.63) is 23.8 Å². The Bertz CT molecular complexity index is 728. The van der Waals surface area contributed by atoms with Gasteiger partial charge < -0.3 is 20.1 Å². The zero-order chi connectivity index (χ0) is 17.7. The Morgan fingerprint density at radius 1 is 1.08 bits per heavy atom. The first kappa shape index (κ1) is 16.4. The molecule has 4 saturated carbocycles. The lowest BCUT2D eigenvalue weighted by Gasteiger charge is -2.55. The summed E-state index contributed by atoms with van der Waals surface area (Å²) in [4.78, 5) is 13.0. The van der Waals surface area contributed by atoms with Crippen LogP contribution < -0.4 is 20.1 Å². The number of hydrogen-bond acceptors (Lipinski definition) is 4. The fraction of sp³-hybridized carbons (Fsp3) is 0.600. The summed E-state index contributed by atoms with van der Waals surface area (Å²) in [6.45, 7) is 0.822. The highest BCUT2D eigenvalue weighted by Crippen LogP contribution is 2.60. The second kappa shape index (κ2) is 6.12. The van der Waals surface area contributed by atoms with Crippen LogP contribution in [0.2, 0.25) is 0 Å². The van der Waals surface area contributed by atoms with Gasteiger partial charge in [0.1, 0.15) is 0 Å². The van der Waals surface area contributed by atoms with Gasteiger partial charge in [0.15, 0.2) is 16.6 Å². The average molecular weight is 372 g/mol. The maximum atomic E-state index is 13.0. The van der Waals surface area contributed by atoms with Crippen LogP contribution in [0, 0.1) is 23.2 Å². The number of rotatable bonds is 3. The minimum absolute atomic E-state index is 0.139. The third-order valence-electron chi connectivity index (χ3n) is 6.64. The minimum Gasteiger partial charge on any atom is -0.454 e. The maximum absolute atomic E-state index is 13.0. The zero-order valence-electron chi connectivity index (χ0n) is 14.8. The number of thiocarbonyl (C=S) groups is 1. The van der Waals surface area contributed by atoms with E-state index in [1.807, 2.05) is 18.2 Å². The van der Waals surface area contributed by atoms with E-state index in [1.54, 1.807) is 0 Å². The molecule has 0 unspecified atom stereocenters. The third kappa shape index (κ3) is 2.84. The van der Waals surface area contributed by atoms with Gasteiger partial charge in [0.25, 0.3) is 0 Å². The van der Waals surface area contributed by atoms with Gasteiger partial charge in [-0.05, 0) is 86.2 Å². The zero-order valence-corrected chi connectivity index (χ0v) is 15.6. The predicted octanol–water partition coefficient (Wildman–Crippen LogP) is 3.12. The van der Waals surface area contributed by atoms with Crippen LogP contribution in [0.5, 0.6) is 11.5 Å². The lowest BCUT2D eigenvalue weighted by molar-refractivity contribution is -0.144. The van der Waals surface area contributed by atoms with Crippen molar-refractivity contribution in [2.75, 3.05) is 6.79 Å². The van der Waals surface area contributed by atoms with Crippen LogP contribution >= 0.6 is 12.2 Å². The lowest BCUT2D eigenvalue weighted by atomic mass is 9.49. The molecule has 2 N–H and O–H groups in total. The topological polar surface area (TPSA) is 59.6 Å².